The van der Waals surface area contributed by atoms with Gasteiger partial charge in [0.1, 0.15) is 17.0 Å². The van der Waals surface area contributed by atoms with Crippen LogP contribution < -0.4 is 10.6 Å². The van der Waals surface area contributed by atoms with Crippen molar-refractivity contribution >= 4 is 28.7 Å². The van der Waals surface area contributed by atoms with Crippen molar-refractivity contribution in [3.63, 3.8) is 0 Å². The van der Waals surface area contributed by atoms with Gasteiger partial charge in [0.05, 0.1) is 43.0 Å². The molecule has 9 nitrogen and oxygen atoms in total. The van der Waals surface area contributed by atoms with Crippen LogP contribution >= 0.6 is 0 Å². The summed E-state index contributed by atoms with van der Waals surface area (Å²) in [4.78, 5) is 32.8. The van der Waals surface area contributed by atoms with Crippen molar-refractivity contribution in [2.45, 2.75) is 26.7 Å². The van der Waals surface area contributed by atoms with Crippen molar-refractivity contribution in [3.05, 3.63) is 106 Å². The highest BCUT2D eigenvalue weighted by Gasteiger charge is 2.43. The number of anilines is 1. The smallest absolute Gasteiger partial charge is 0.355 e. The fourth-order valence-corrected chi connectivity index (χ4v) is 5.05. The van der Waals surface area contributed by atoms with Gasteiger partial charge in [-0.05, 0) is 67.3 Å². The van der Waals surface area contributed by atoms with Gasteiger partial charge in [0.15, 0.2) is 5.58 Å². The van der Waals surface area contributed by atoms with Crippen molar-refractivity contribution in [2.24, 2.45) is 5.73 Å². The van der Waals surface area contributed by atoms with Crippen molar-refractivity contribution in [1.82, 2.24) is 4.98 Å². The van der Waals surface area contributed by atoms with E-state index in [0.717, 1.165) is 11.1 Å². The van der Waals surface area contributed by atoms with Crippen LogP contribution in [0.4, 0.5) is 5.69 Å². The minimum absolute atomic E-state index is 0.0153. The van der Waals surface area contributed by atoms with E-state index in [2.05, 4.69) is 11.1 Å². The van der Waals surface area contributed by atoms with Crippen molar-refractivity contribution in [1.29, 1.82) is 5.26 Å². The average Bonchev–Trinajstić information content (AvgIpc) is 3.39. The molecule has 0 spiro atoms. The lowest BCUT2D eigenvalue weighted by molar-refractivity contribution is -0.139. The Labute approximate surface area is 237 Å². The molecule has 5 rings (SSSR count). The van der Waals surface area contributed by atoms with Gasteiger partial charge in [0, 0.05) is 5.56 Å². The maximum Gasteiger partial charge on any atom is 0.355 e. The molecular formula is C32H28N4O5. The minimum Gasteiger partial charge on any atom is -0.466 e. The van der Waals surface area contributed by atoms with Gasteiger partial charge in [-0.25, -0.2) is 14.6 Å². The van der Waals surface area contributed by atoms with E-state index in [4.69, 9.17) is 19.6 Å². The number of ether oxygens (including phenoxy) is 2. The SMILES string of the molecule is COC(=O)C1=C(C(=O)OC)N(c2cc(-c3nc4cc(C)c(C)cc4o3)ccc2C)C(N)=C(C#N)C1c1ccccc1. The van der Waals surface area contributed by atoms with Gasteiger partial charge in [0.25, 0.3) is 0 Å². The third-order valence-corrected chi connectivity index (χ3v) is 7.31. The number of nitrogens with two attached hydrogens (primary N) is 1. The van der Waals surface area contributed by atoms with Crippen LogP contribution in [0.2, 0.25) is 0 Å². The van der Waals surface area contributed by atoms with Crippen LogP contribution in [0.25, 0.3) is 22.6 Å². The average molecular weight is 549 g/mol. The molecule has 0 saturated heterocycles. The van der Waals surface area contributed by atoms with E-state index in [1.165, 1.54) is 19.1 Å². The first kappa shape index (κ1) is 27.2. The van der Waals surface area contributed by atoms with Gasteiger partial charge in [0.2, 0.25) is 5.89 Å². The number of carbonyl (C=O) groups excluding carboxylic acids is 2. The number of hydrogen-bond donors (Lipinski definition) is 1. The molecule has 3 aromatic carbocycles. The summed E-state index contributed by atoms with van der Waals surface area (Å²) in [5.41, 5.74) is 12.4. The molecule has 4 aromatic rings. The van der Waals surface area contributed by atoms with Gasteiger partial charge < -0.3 is 19.6 Å². The van der Waals surface area contributed by atoms with E-state index in [-0.39, 0.29) is 22.7 Å². The van der Waals surface area contributed by atoms with Gasteiger partial charge in [-0.1, -0.05) is 36.4 Å². The molecule has 1 aliphatic heterocycles. The van der Waals surface area contributed by atoms with Gasteiger partial charge in [-0.3, -0.25) is 4.90 Å². The zero-order valence-corrected chi connectivity index (χ0v) is 23.3. The van der Waals surface area contributed by atoms with E-state index in [0.29, 0.717) is 39.4 Å². The van der Waals surface area contributed by atoms with E-state index in [1.807, 2.05) is 51.1 Å². The summed E-state index contributed by atoms with van der Waals surface area (Å²) < 4.78 is 16.4. The number of carbonyl (C=O) groups is 2. The highest BCUT2D eigenvalue weighted by Crippen LogP contribution is 2.44. The maximum atomic E-state index is 13.4. The van der Waals surface area contributed by atoms with E-state index in [1.54, 1.807) is 30.3 Å². The molecule has 2 heterocycles. The molecule has 0 fully saturated rings. The van der Waals surface area contributed by atoms with E-state index < -0.39 is 17.9 Å². The lowest BCUT2D eigenvalue weighted by atomic mass is 9.80. The summed E-state index contributed by atoms with van der Waals surface area (Å²) in [6.07, 6.45) is 0. The lowest BCUT2D eigenvalue weighted by Gasteiger charge is -2.36. The van der Waals surface area contributed by atoms with Gasteiger partial charge >= 0.3 is 11.9 Å². The Bertz CT molecular complexity index is 1770. The molecule has 1 unspecified atom stereocenters. The standard InChI is InChI=1S/C32H28N4O5/c1-17-11-12-21(30-35-23-13-18(2)19(3)14-25(23)41-30)15-24(17)36-28(32(38)40-5)27(31(37)39-4)26(22(16-33)29(36)34)20-9-7-6-8-10-20/h6-15,26H,34H2,1-5H3. The number of aromatic nitrogens is 1. The Kier molecular flexibility index (Phi) is 7.08. The molecule has 41 heavy (non-hydrogen) atoms. The van der Waals surface area contributed by atoms with E-state index in [9.17, 15) is 14.9 Å². The van der Waals surface area contributed by atoms with E-state index >= 15 is 0 Å². The Morgan fingerprint density at radius 2 is 1.63 bits per heavy atom. The second-order valence-electron chi connectivity index (χ2n) is 9.76. The summed E-state index contributed by atoms with van der Waals surface area (Å²) >= 11 is 0. The number of oxazole rings is 1. The zero-order chi connectivity index (χ0) is 29.4. The monoisotopic (exact) mass is 548 g/mol. The Balaban J connectivity index is 1.77. The van der Waals surface area contributed by atoms with Crippen molar-refractivity contribution in [3.8, 4) is 17.5 Å². The van der Waals surface area contributed by atoms with Crippen LogP contribution in [0.3, 0.4) is 0 Å². The highest BCUT2D eigenvalue weighted by atomic mass is 16.5. The molecule has 0 bridgehead atoms. The largest absolute Gasteiger partial charge is 0.466 e. The number of rotatable bonds is 5. The van der Waals surface area contributed by atoms with Crippen molar-refractivity contribution < 1.29 is 23.5 Å². The molecular weight excluding hydrogens is 520 g/mol. The number of nitrogens with zero attached hydrogens (tertiary/aromatic N) is 3. The first-order chi connectivity index (χ1) is 19.7. The van der Waals surface area contributed by atoms with Crippen LogP contribution in [-0.2, 0) is 19.1 Å². The second kappa shape index (κ2) is 10.7. The summed E-state index contributed by atoms with van der Waals surface area (Å²) in [7, 11) is 2.43. The Hall–Kier alpha value is -5.36. The van der Waals surface area contributed by atoms with Crippen molar-refractivity contribution in [2.75, 3.05) is 19.1 Å². The molecule has 1 atom stereocenters. The molecule has 0 radical (unpaired) electrons. The lowest BCUT2D eigenvalue weighted by Crippen LogP contribution is -2.41. The van der Waals surface area contributed by atoms with Crippen LogP contribution in [0, 0.1) is 32.1 Å². The summed E-state index contributed by atoms with van der Waals surface area (Å²) in [5.74, 6) is -2.21. The van der Waals surface area contributed by atoms with Gasteiger partial charge in [-0.15, -0.1) is 0 Å². The third kappa shape index (κ3) is 4.59. The van der Waals surface area contributed by atoms with Crippen LogP contribution in [0.15, 0.2) is 87.7 Å². The molecule has 0 amide bonds. The third-order valence-electron chi connectivity index (χ3n) is 7.31. The number of nitriles is 1. The number of fused-ring (bicyclic) bond motifs is 1. The van der Waals surface area contributed by atoms with Gasteiger partial charge in [-0.2, -0.15) is 5.26 Å². The number of allylic oxidation sites excluding steroid dienone is 1. The highest BCUT2D eigenvalue weighted by molar-refractivity contribution is 6.06. The molecule has 2 N–H and O–H groups in total. The predicted octanol–water partition coefficient (Wildman–Crippen LogP) is 5.32. The fourth-order valence-electron chi connectivity index (χ4n) is 5.05. The number of aryl methyl sites for hydroxylation is 3. The zero-order valence-electron chi connectivity index (χ0n) is 23.3. The Morgan fingerprint density at radius 3 is 2.29 bits per heavy atom. The summed E-state index contributed by atoms with van der Waals surface area (Å²) in [5, 5.41) is 10.3. The first-order valence-corrected chi connectivity index (χ1v) is 12.8. The number of hydrogen-bond acceptors (Lipinski definition) is 9. The topological polar surface area (TPSA) is 132 Å². The minimum atomic E-state index is -0.953. The quantitative estimate of drug-likeness (QED) is 0.329. The van der Waals surface area contributed by atoms with Crippen LogP contribution in [-0.4, -0.2) is 31.1 Å². The molecule has 1 aliphatic rings. The maximum absolute atomic E-state index is 13.4. The first-order valence-electron chi connectivity index (χ1n) is 12.8. The summed E-state index contributed by atoms with van der Waals surface area (Å²) in [6, 6.07) is 20.4. The van der Waals surface area contributed by atoms with Crippen LogP contribution in [0.1, 0.15) is 28.2 Å². The molecule has 0 aliphatic carbocycles. The Morgan fingerprint density at radius 1 is 0.951 bits per heavy atom. The molecule has 206 valence electrons. The number of esters is 2. The molecule has 0 saturated carbocycles. The molecule has 1 aromatic heterocycles. The fraction of sp³-hybridized carbons (Fsp3) is 0.188. The van der Waals surface area contributed by atoms with Crippen LogP contribution in [0.5, 0.6) is 0 Å². The predicted molar refractivity (Wildman–Crippen MR) is 153 cm³/mol. The second-order valence-corrected chi connectivity index (χ2v) is 9.76. The summed E-state index contributed by atoms with van der Waals surface area (Å²) in [6.45, 7) is 5.84. The normalized spacial score (nSPS) is 15.2. The number of methoxy groups -OCH3 is 2. The molecule has 9 heteroatoms. The number of benzene rings is 3.